The molecule has 0 saturated carbocycles. The molecule has 2 fully saturated rings. The molecule has 0 radical (unpaired) electrons. The van der Waals surface area contributed by atoms with Gasteiger partial charge in [-0.05, 0) is 24.5 Å². The van der Waals surface area contributed by atoms with E-state index in [2.05, 4.69) is 36.9 Å². The van der Waals surface area contributed by atoms with Crippen LogP contribution in [0.1, 0.15) is 30.1 Å². The Bertz CT molecular complexity index is 759. The van der Waals surface area contributed by atoms with E-state index in [9.17, 15) is 0 Å². The molecule has 9 nitrogen and oxygen atoms in total. The average molecular weight is 386 g/mol. The molecule has 150 valence electrons. The molecule has 0 spiro atoms. The lowest BCUT2D eigenvalue weighted by atomic mass is 10.1. The zero-order valence-electron chi connectivity index (χ0n) is 16.4. The van der Waals surface area contributed by atoms with Crippen molar-refractivity contribution in [3.8, 4) is 12.0 Å². The zero-order valence-corrected chi connectivity index (χ0v) is 16.4. The molecule has 4 heterocycles. The van der Waals surface area contributed by atoms with Gasteiger partial charge in [0.05, 0.1) is 39.2 Å². The predicted octanol–water partition coefficient (Wildman–Crippen LogP) is 1.46. The monoisotopic (exact) mass is 386 g/mol. The summed E-state index contributed by atoms with van der Waals surface area (Å²) in [4.78, 5) is 22.2. The van der Waals surface area contributed by atoms with Crippen molar-refractivity contribution in [2.45, 2.75) is 25.4 Å². The maximum atomic E-state index is 5.41. The molecule has 2 aromatic heterocycles. The Morgan fingerprint density at radius 2 is 1.79 bits per heavy atom. The third kappa shape index (κ3) is 4.15. The molecular weight excluding hydrogens is 360 g/mol. The van der Waals surface area contributed by atoms with E-state index in [0.717, 1.165) is 57.9 Å². The largest absolute Gasteiger partial charge is 0.467 e. The molecule has 2 aliphatic heterocycles. The third-order valence-electron chi connectivity index (χ3n) is 5.16. The van der Waals surface area contributed by atoms with Crippen molar-refractivity contribution < 1.29 is 14.2 Å². The molecule has 28 heavy (non-hydrogen) atoms. The van der Waals surface area contributed by atoms with E-state index in [0.29, 0.717) is 5.95 Å². The second kappa shape index (κ2) is 8.66. The Kier molecular flexibility index (Phi) is 5.82. The van der Waals surface area contributed by atoms with Gasteiger partial charge in [0.2, 0.25) is 5.95 Å². The van der Waals surface area contributed by atoms with Crippen molar-refractivity contribution in [1.29, 1.82) is 0 Å². The maximum absolute atomic E-state index is 5.41. The summed E-state index contributed by atoms with van der Waals surface area (Å²) in [6.07, 6.45) is 4.04. The minimum atomic E-state index is 0.134. The molecule has 0 N–H and O–H groups in total. The van der Waals surface area contributed by atoms with Crippen LogP contribution in [0.25, 0.3) is 0 Å². The molecule has 4 rings (SSSR count). The number of anilines is 1. The Balaban J connectivity index is 1.50. The van der Waals surface area contributed by atoms with Gasteiger partial charge >= 0.3 is 12.0 Å². The van der Waals surface area contributed by atoms with Crippen molar-refractivity contribution in [3.05, 3.63) is 29.6 Å². The van der Waals surface area contributed by atoms with Gasteiger partial charge < -0.3 is 19.1 Å². The van der Waals surface area contributed by atoms with Crippen LogP contribution in [0.4, 0.5) is 5.95 Å². The first-order valence-corrected chi connectivity index (χ1v) is 9.62. The number of pyridine rings is 1. The third-order valence-corrected chi connectivity index (χ3v) is 5.16. The molecule has 2 saturated heterocycles. The summed E-state index contributed by atoms with van der Waals surface area (Å²) in [6.45, 7) is 5.33. The molecule has 1 unspecified atom stereocenters. The molecule has 0 aliphatic carbocycles. The summed E-state index contributed by atoms with van der Waals surface area (Å²) in [7, 11) is 3.07. The number of hydrogen-bond acceptors (Lipinski definition) is 9. The van der Waals surface area contributed by atoms with Gasteiger partial charge in [0.1, 0.15) is 0 Å². The molecule has 9 heteroatoms. The van der Waals surface area contributed by atoms with Crippen LogP contribution in [0.2, 0.25) is 0 Å². The van der Waals surface area contributed by atoms with Gasteiger partial charge in [0.15, 0.2) is 0 Å². The van der Waals surface area contributed by atoms with Gasteiger partial charge in [0, 0.05) is 32.4 Å². The second-order valence-corrected chi connectivity index (χ2v) is 6.94. The highest BCUT2D eigenvalue weighted by molar-refractivity contribution is 5.38. The molecule has 1 atom stereocenters. The predicted molar refractivity (Wildman–Crippen MR) is 103 cm³/mol. The van der Waals surface area contributed by atoms with E-state index >= 15 is 0 Å². The molecule has 2 aromatic rings. The van der Waals surface area contributed by atoms with Crippen molar-refractivity contribution in [2.75, 3.05) is 52.0 Å². The Morgan fingerprint density at radius 3 is 2.43 bits per heavy atom. The van der Waals surface area contributed by atoms with E-state index in [-0.39, 0.29) is 18.1 Å². The van der Waals surface area contributed by atoms with Gasteiger partial charge in [0.25, 0.3) is 0 Å². The summed E-state index contributed by atoms with van der Waals surface area (Å²) in [6, 6.07) is 4.92. The molecule has 0 bridgehead atoms. The van der Waals surface area contributed by atoms with Crippen LogP contribution in [-0.4, -0.2) is 71.9 Å². The summed E-state index contributed by atoms with van der Waals surface area (Å²) in [5, 5.41) is 0. The number of hydrogen-bond donors (Lipinski definition) is 0. The first-order chi connectivity index (χ1) is 13.8. The van der Waals surface area contributed by atoms with Crippen LogP contribution < -0.4 is 14.4 Å². The van der Waals surface area contributed by atoms with Crippen molar-refractivity contribution in [2.24, 2.45) is 0 Å². The zero-order chi connectivity index (χ0) is 19.3. The van der Waals surface area contributed by atoms with Gasteiger partial charge in [-0.25, -0.2) is 0 Å². The first-order valence-electron chi connectivity index (χ1n) is 9.62. The van der Waals surface area contributed by atoms with Gasteiger partial charge in [-0.2, -0.15) is 9.97 Å². The van der Waals surface area contributed by atoms with E-state index in [1.54, 1.807) is 0 Å². The summed E-state index contributed by atoms with van der Waals surface area (Å²) in [5.41, 5.74) is 2.25. The Morgan fingerprint density at radius 1 is 1.04 bits per heavy atom. The molecule has 0 amide bonds. The van der Waals surface area contributed by atoms with Crippen molar-refractivity contribution in [1.82, 2.24) is 24.8 Å². The highest BCUT2D eigenvalue weighted by Crippen LogP contribution is 2.34. The number of morpholine rings is 1. The van der Waals surface area contributed by atoms with Gasteiger partial charge in [-0.15, -0.1) is 4.98 Å². The van der Waals surface area contributed by atoms with E-state index < -0.39 is 0 Å². The summed E-state index contributed by atoms with van der Waals surface area (Å²) >= 11 is 0. The standard InChI is InChI=1S/C19H26N6O3/c1-26-18-21-17(22-19(23-18)27-2)25-7-3-4-16(25)15-6-5-14(12-20-15)13-24-8-10-28-11-9-24/h5-6,12,16H,3-4,7-11,13H2,1-2H3. The summed E-state index contributed by atoms with van der Waals surface area (Å²) < 4.78 is 15.8. The van der Waals surface area contributed by atoms with Crippen LogP contribution in [0.15, 0.2) is 18.3 Å². The Hall–Kier alpha value is -2.52. The van der Waals surface area contributed by atoms with E-state index in [1.165, 1.54) is 19.8 Å². The summed E-state index contributed by atoms with van der Waals surface area (Å²) in [5.74, 6) is 0.561. The van der Waals surface area contributed by atoms with Gasteiger partial charge in [-0.1, -0.05) is 6.07 Å². The minimum Gasteiger partial charge on any atom is -0.467 e. The van der Waals surface area contributed by atoms with Crippen LogP contribution >= 0.6 is 0 Å². The van der Waals surface area contributed by atoms with Crippen LogP contribution in [0.5, 0.6) is 12.0 Å². The fourth-order valence-corrected chi connectivity index (χ4v) is 3.70. The molecule has 0 aromatic carbocycles. The molecular formula is C19H26N6O3. The SMILES string of the molecule is COc1nc(OC)nc(N2CCCC2c2ccc(CN3CCOCC3)cn2)n1. The fourth-order valence-electron chi connectivity index (χ4n) is 3.70. The quantitative estimate of drug-likeness (QED) is 0.732. The second-order valence-electron chi connectivity index (χ2n) is 6.94. The number of nitrogens with zero attached hydrogens (tertiary/aromatic N) is 6. The van der Waals surface area contributed by atoms with Crippen LogP contribution in [0, 0.1) is 0 Å². The first kappa shape index (κ1) is 18.8. The lowest BCUT2D eigenvalue weighted by molar-refractivity contribution is 0.0341. The number of methoxy groups -OCH3 is 2. The lowest BCUT2D eigenvalue weighted by Gasteiger charge is -2.27. The van der Waals surface area contributed by atoms with Crippen LogP contribution in [0.3, 0.4) is 0 Å². The topological polar surface area (TPSA) is 85.7 Å². The maximum Gasteiger partial charge on any atom is 0.324 e. The Labute approximate surface area is 164 Å². The minimum absolute atomic E-state index is 0.134. The molecule has 2 aliphatic rings. The average Bonchev–Trinajstić information content (AvgIpc) is 3.24. The normalized spacial score (nSPS) is 20.4. The highest BCUT2D eigenvalue weighted by Gasteiger charge is 2.30. The lowest BCUT2D eigenvalue weighted by Crippen LogP contribution is -2.35. The number of aromatic nitrogens is 4. The number of rotatable bonds is 6. The van der Waals surface area contributed by atoms with E-state index in [1.807, 2.05) is 6.20 Å². The fraction of sp³-hybridized carbons (Fsp3) is 0.579. The van der Waals surface area contributed by atoms with Crippen molar-refractivity contribution >= 4 is 5.95 Å². The van der Waals surface area contributed by atoms with Crippen LogP contribution in [-0.2, 0) is 11.3 Å². The number of ether oxygens (including phenoxy) is 3. The van der Waals surface area contributed by atoms with E-state index in [4.69, 9.17) is 19.2 Å². The smallest absolute Gasteiger partial charge is 0.324 e. The highest BCUT2D eigenvalue weighted by atomic mass is 16.5. The van der Waals surface area contributed by atoms with Gasteiger partial charge in [-0.3, -0.25) is 9.88 Å². The van der Waals surface area contributed by atoms with Crippen molar-refractivity contribution in [3.63, 3.8) is 0 Å².